The summed E-state index contributed by atoms with van der Waals surface area (Å²) in [7, 11) is 0. The predicted molar refractivity (Wildman–Crippen MR) is 240 cm³/mol. The number of halogens is 1. The highest BCUT2D eigenvalue weighted by Crippen LogP contribution is 2.43. The summed E-state index contributed by atoms with van der Waals surface area (Å²) in [5.41, 5.74) is 8.07. The number of carboxylic acids is 1. The van der Waals surface area contributed by atoms with Crippen LogP contribution in [-0.4, -0.2) is 120 Å². The Labute approximate surface area is 372 Å². The van der Waals surface area contributed by atoms with Crippen molar-refractivity contribution in [3.05, 3.63) is 77.9 Å². The van der Waals surface area contributed by atoms with Gasteiger partial charge in [-0.05, 0) is 109 Å². The molecule has 6 heterocycles. The molecule has 1 aromatic heterocycles. The number of nitrogens with one attached hydrogen (secondary N) is 4. The lowest BCUT2D eigenvalue weighted by Crippen LogP contribution is -2.56. The first-order chi connectivity index (χ1) is 30.2. The summed E-state index contributed by atoms with van der Waals surface area (Å²) >= 11 is 1.44. The zero-order valence-corrected chi connectivity index (χ0v) is 37.4. The molecule has 0 saturated carbocycles. The highest BCUT2D eigenvalue weighted by atomic mass is 32.2. The first-order valence-electron chi connectivity index (χ1n) is 22.2. The summed E-state index contributed by atoms with van der Waals surface area (Å²) in [6, 6.07) is 12.1. The van der Waals surface area contributed by atoms with Crippen molar-refractivity contribution in [2.75, 3.05) is 61.0 Å². The Morgan fingerprint density at radius 2 is 1.76 bits per heavy atom. The molecule has 338 valence electrons. The van der Waals surface area contributed by atoms with Crippen molar-refractivity contribution >= 4 is 46.9 Å². The van der Waals surface area contributed by atoms with Crippen LogP contribution in [0.1, 0.15) is 83.0 Å². The SMILES string of the molecule is C[C@@H]1OCC2(CCN(c3cnc(Sc4cccc(NC(=O)c5ccc(N6CCC(N7CC=C(C8CCC(C(=O)O)NN8)CC7)CC6)c(F)c5)c4)cn3)CC2)[C@@H]1NC(=O)OC(C)(C)C. The Bertz CT molecular complexity index is 2150. The number of anilines is 3. The molecule has 2 unspecified atom stereocenters. The molecule has 17 heteroatoms. The number of carboxylic acid groups (broad SMARTS) is 1. The minimum atomic E-state index is -0.827. The van der Waals surface area contributed by atoms with Crippen molar-refractivity contribution in [3.63, 3.8) is 0 Å². The molecule has 5 N–H and O–H groups in total. The van der Waals surface area contributed by atoms with Crippen molar-refractivity contribution in [2.45, 2.75) is 118 Å². The number of carbonyl (C=O) groups excluding carboxylic acids is 2. The van der Waals surface area contributed by atoms with Crippen LogP contribution in [0.25, 0.3) is 0 Å². The molecule has 15 nitrogen and oxygen atoms in total. The molecule has 4 saturated heterocycles. The first-order valence-corrected chi connectivity index (χ1v) is 23.0. The fraction of sp³-hybridized carbons (Fsp3) is 0.543. The second kappa shape index (κ2) is 19.1. The van der Waals surface area contributed by atoms with Crippen LogP contribution in [0.4, 0.5) is 26.4 Å². The van der Waals surface area contributed by atoms with Crippen molar-refractivity contribution in [1.29, 1.82) is 0 Å². The van der Waals surface area contributed by atoms with Crippen molar-refractivity contribution in [1.82, 2.24) is 31.0 Å². The maximum absolute atomic E-state index is 15.6. The van der Waals surface area contributed by atoms with Crippen LogP contribution < -0.4 is 31.3 Å². The zero-order chi connectivity index (χ0) is 44.3. The summed E-state index contributed by atoms with van der Waals surface area (Å²) in [5.74, 6) is -0.842. The van der Waals surface area contributed by atoms with Gasteiger partial charge in [0, 0.05) is 72.9 Å². The van der Waals surface area contributed by atoms with E-state index < -0.39 is 35.4 Å². The van der Waals surface area contributed by atoms with Gasteiger partial charge < -0.3 is 35.0 Å². The molecule has 5 aliphatic heterocycles. The van der Waals surface area contributed by atoms with Crippen molar-refractivity contribution < 1.29 is 33.4 Å². The lowest BCUT2D eigenvalue weighted by Gasteiger charge is -2.42. The molecule has 5 aliphatic rings. The average Bonchev–Trinajstić information content (AvgIpc) is 3.56. The first kappa shape index (κ1) is 44.8. The Morgan fingerprint density at radius 3 is 2.41 bits per heavy atom. The average molecular weight is 886 g/mol. The number of ether oxygens (including phenoxy) is 2. The molecule has 2 amide bonds. The molecule has 4 fully saturated rings. The second-order valence-electron chi connectivity index (χ2n) is 18.5. The van der Waals surface area contributed by atoms with Gasteiger partial charge in [-0.1, -0.05) is 29.5 Å². The normalized spacial score (nSPS) is 24.5. The van der Waals surface area contributed by atoms with Crippen LogP contribution >= 0.6 is 11.8 Å². The number of benzene rings is 2. The number of carbonyl (C=O) groups is 3. The Balaban J connectivity index is 0.791. The molecule has 0 radical (unpaired) electrons. The van der Waals surface area contributed by atoms with E-state index in [1.54, 1.807) is 30.6 Å². The molecule has 8 rings (SSSR count). The number of hydrogen-bond acceptors (Lipinski definition) is 13. The number of rotatable bonds is 10. The minimum Gasteiger partial charge on any atom is -0.480 e. The molecule has 2 aromatic carbocycles. The standard InChI is InChI=1S/C46H60FN9O6S/c1-29-41(51-44(60)62-45(2,3)4)46(28-61-29)16-22-56(23-17-46)39-26-49-40(27-48-39)63-34-7-5-6-32(25-34)50-42(57)31-8-11-38(35(47)24-31)55-20-14-33(15-21-55)54-18-12-30(13-19-54)36-9-10-37(43(58)59)53-52-36/h5-8,11-12,24-27,29,33,36-37,41,52-53H,9-10,13-23,28H2,1-4H3,(H,50,57)(H,51,60)(H,58,59)/t29-,36?,37?,41+/m0/s1. The van der Waals surface area contributed by atoms with Crippen LogP contribution in [0.5, 0.6) is 0 Å². The minimum absolute atomic E-state index is 0.107. The second-order valence-corrected chi connectivity index (χ2v) is 19.6. The Hall–Kier alpha value is -4.81. The van der Waals surface area contributed by atoms with Gasteiger partial charge in [0.2, 0.25) is 0 Å². The van der Waals surface area contributed by atoms with Gasteiger partial charge in [0.25, 0.3) is 5.91 Å². The van der Waals surface area contributed by atoms with Gasteiger partial charge >= 0.3 is 12.1 Å². The molecule has 1 spiro atoms. The lowest BCUT2D eigenvalue weighted by molar-refractivity contribution is -0.140. The fourth-order valence-electron chi connectivity index (χ4n) is 9.68. The van der Waals surface area contributed by atoms with Crippen LogP contribution in [-0.2, 0) is 14.3 Å². The lowest BCUT2D eigenvalue weighted by atomic mass is 9.73. The van der Waals surface area contributed by atoms with Gasteiger partial charge in [-0.3, -0.25) is 14.5 Å². The van der Waals surface area contributed by atoms with E-state index in [0.29, 0.717) is 35.5 Å². The Kier molecular flexibility index (Phi) is 13.6. The van der Waals surface area contributed by atoms with Crippen molar-refractivity contribution in [2.24, 2.45) is 5.41 Å². The number of aliphatic carboxylic acids is 1. The van der Waals surface area contributed by atoms with Crippen LogP contribution in [0.3, 0.4) is 0 Å². The summed E-state index contributed by atoms with van der Waals surface area (Å²) in [6.45, 7) is 13.0. The topological polar surface area (TPSA) is 174 Å². The molecular weight excluding hydrogens is 826 g/mol. The van der Waals surface area contributed by atoms with E-state index >= 15 is 4.39 Å². The number of nitrogens with zero attached hydrogens (tertiary/aromatic N) is 5. The third-order valence-corrected chi connectivity index (χ3v) is 14.1. The highest BCUT2D eigenvalue weighted by molar-refractivity contribution is 7.99. The van der Waals surface area contributed by atoms with Gasteiger partial charge in [0.05, 0.1) is 36.8 Å². The summed E-state index contributed by atoms with van der Waals surface area (Å²) in [6.07, 6.45) is 11.2. The van der Waals surface area contributed by atoms with Gasteiger partial charge in [-0.15, -0.1) is 0 Å². The van der Waals surface area contributed by atoms with E-state index in [1.807, 2.05) is 45.9 Å². The molecule has 4 atom stereocenters. The number of aromatic nitrogens is 2. The highest BCUT2D eigenvalue weighted by Gasteiger charge is 2.50. The number of alkyl carbamates (subject to hydrolysis) is 1. The number of piperidine rings is 2. The third kappa shape index (κ3) is 10.8. The van der Waals surface area contributed by atoms with Gasteiger partial charge in [0.15, 0.2) is 0 Å². The largest absolute Gasteiger partial charge is 0.480 e. The molecular formula is C46H60FN9O6S. The van der Waals surface area contributed by atoms with E-state index in [1.165, 1.54) is 23.4 Å². The molecule has 3 aromatic rings. The fourth-order valence-corrected chi connectivity index (χ4v) is 10.5. The van der Waals surface area contributed by atoms with E-state index in [2.05, 4.69) is 42.3 Å². The maximum Gasteiger partial charge on any atom is 0.407 e. The quantitative estimate of drug-likeness (QED) is 0.145. The van der Waals surface area contributed by atoms with E-state index in [9.17, 15) is 19.5 Å². The summed E-state index contributed by atoms with van der Waals surface area (Å²) < 4.78 is 27.2. The van der Waals surface area contributed by atoms with Crippen molar-refractivity contribution in [3.8, 4) is 0 Å². The zero-order valence-electron chi connectivity index (χ0n) is 36.6. The van der Waals surface area contributed by atoms with Crippen LogP contribution in [0.15, 0.2) is 76.4 Å². The maximum atomic E-state index is 15.6. The van der Waals surface area contributed by atoms with E-state index in [-0.39, 0.29) is 29.2 Å². The molecule has 0 aliphatic carbocycles. The number of hydrazine groups is 1. The van der Waals surface area contributed by atoms with E-state index in [0.717, 1.165) is 88.5 Å². The third-order valence-electron chi connectivity index (χ3n) is 13.2. The Morgan fingerprint density at radius 1 is 0.968 bits per heavy atom. The summed E-state index contributed by atoms with van der Waals surface area (Å²) in [5, 5.41) is 16.0. The molecule has 0 bridgehead atoms. The number of amides is 2. The number of hydrogen-bond donors (Lipinski definition) is 5. The van der Waals surface area contributed by atoms with Gasteiger partial charge in [0.1, 0.15) is 28.3 Å². The van der Waals surface area contributed by atoms with Crippen LogP contribution in [0.2, 0.25) is 0 Å². The predicted octanol–water partition coefficient (Wildman–Crippen LogP) is 6.23. The monoisotopic (exact) mass is 885 g/mol. The van der Waals surface area contributed by atoms with E-state index in [4.69, 9.17) is 19.4 Å². The smallest absolute Gasteiger partial charge is 0.407 e. The van der Waals surface area contributed by atoms with Gasteiger partial charge in [-0.2, -0.15) is 0 Å². The van der Waals surface area contributed by atoms with Crippen LogP contribution in [0, 0.1) is 11.2 Å². The molecule has 63 heavy (non-hydrogen) atoms. The summed E-state index contributed by atoms with van der Waals surface area (Å²) in [4.78, 5) is 54.3. The van der Waals surface area contributed by atoms with Gasteiger partial charge in [-0.25, -0.2) is 30.0 Å².